The Balaban J connectivity index is 1.69. The fourth-order valence-electron chi connectivity index (χ4n) is 2.08. The van der Waals surface area contributed by atoms with E-state index < -0.39 is 0 Å². The van der Waals surface area contributed by atoms with Crippen LogP contribution in [0.4, 0.5) is 0 Å². The molecule has 0 fully saturated rings. The van der Waals surface area contributed by atoms with Crippen molar-refractivity contribution in [2.24, 2.45) is 0 Å². The Bertz CT molecular complexity index is 486. The lowest BCUT2D eigenvalue weighted by Crippen LogP contribution is -1.98. The van der Waals surface area contributed by atoms with Crippen molar-refractivity contribution in [3.63, 3.8) is 0 Å². The number of aryl methyl sites for hydroxylation is 2. The van der Waals surface area contributed by atoms with E-state index in [0.717, 1.165) is 30.6 Å². The molecule has 0 saturated carbocycles. The zero-order valence-electron chi connectivity index (χ0n) is 11.3. The minimum Gasteiger partial charge on any atom is -0.508 e. The second-order valence-electron chi connectivity index (χ2n) is 4.80. The molecule has 0 amide bonds. The lowest BCUT2D eigenvalue weighted by atomic mass is 10.1. The van der Waals surface area contributed by atoms with Gasteiger partial charge in [0.2, 0.25) is 0 Å². The molecule has 2 aromatic carbocycles. The number of phenols is 1. The maximum atomic E-state index is 9.47. The average Bonchev–Trinajstić information content (AvgIpc) is 2.38. The zero-order valence-corrected chi connectivity index (χ0v) is 11.3. The number of benzene rings is 2. The predicted molar refractivity (Wildman–Crippen MR) is 77.7 cm³/mol. The molecule has 0 bridgehead atoms. The van der Waals surface area contributed by atoms with Crippen molar-refractivity contribution in [3.05, 3.63) is 59.7 Å². The topological polar surface area (TPSA) is 29.5 Å². The Hall–Kier alpha value is -1.96. The molecular formula is C17H20O2. The van der Waals surface area contributed by atoms with Gasteiger partial charge in [-0.15, -0.1) is 0 Å². The molecule has 2 aromatic rings. The lowest BCUT2D eigenvalue weighted by Gasteiger charge is -2.07. The fourth-order valence-corrected chi connectivity index (χ4v) is 2.08. The molecule has 0 aliphatic carbocycles. The highest BCUT2D eigenvalue weighted by Crippen LogP contribution is 2.21. The number of hydrogen-bond acceptors (Lipinski definition) is 2. The van der Waals surface area contributed by atoms with Crippen LogP contribution in [-0.4, -0.2) is 11.7 Å². The summed E-state index contributed by atoms with van der Waals surface area (Å²) in [5, 5.41) is 9.47. The van der Waals surface area contributed by atoms with Crippen molar-refractivity contribution < 1.29 is 9.84 Å². The normalized spacial score (nSPS) is 10.4. The molecule has 100 valence electrons. The van der Waals surface area contributed by atoms with Gasteiger partial charge in [0.15, 0.2) is 0 Å². The van der Waals surface area contributed by atoms with E-state index in [2.05, 4.69) is 24.3 Å². The van der Waals surface area contributed by atoms with Crippen LogP contribution in [-0.2, 0) is 6.42 Å². The Morgan fingerprint density at radius 1 is 1.00 bits per heavy atom. The Morgan fingerprint density at radius 3 is 2.53 bits per heavy atom. The summed E-state index contributed by atoms with van der Waals surface area (Å²) in [6, 6.07) is 15.8. The number of hydrogen-bond donors (Lipinski definition) is 1. The summed E-state index contributed by atoms with van der Waals surface area (Å²) in [7, 11) is 0. The van der Waals surface area contributed by atoms with Crippen molar-refractivity contribution in [2.75, 3.05) is 6.61 Å². The summed E-state index contributed by atoms with van der Waals surface area (Å²) < 4.78 is 5.65. The smallest absolute Gasteiger partial charge is 0.123 e. The van der Waals surface area contributed by atoms with Crippen LogP contribution in [0.15, 0.2) is 48.5 Å². The third kappa shape index (κ3) is 4.66. The molecule has 19 heavy (non-hydrogen) atoms. The molecule has 0 unspecified atom stereocenters. The molecule has 0 aliphatic rings. The van der Waals surface area contributed by atoms with Crippen molar-refractivity contribution in [3.8, 4) is 11.5 Å². The Morgan fingerprint density at radius 2 is 1.79 bits per heavy atom. The number of phenolic OH excluding ortho intramolecular Hbond substituents is 1. The predicted octanol–water partition coefficient (Wildman–Crippen LogP) is 4.10. The standard InChI is InChI=1S/C17H20O2/c1-14-11-16(18)13-17(12-14)19-10-6-5-9-15-7-3-2-4-8-15/h2-4,7-8,11-13,18H,5-6,9-10H2,1H3. The highest BCUT2D eigenvalue weighted by Gasteiger charge is 1.98. The van der Waals surface area contributed by atoms with Gasteiger partial charge in [0, 0.05) is 6.07 Å². The van der Waals surface area contributed by atoms with Crippen molar-refractivity contribution >= 4 is 0 Å². The van der Waals surface area contributed by atoms with Crippen LogP contribution in [0.3, 0.4) is 0 Å². The average molecular weight is 256 g/mol. The molecular weight excluding hydrogens is 236 g/mol. The third-order valence-corrected chi connectivity index (χ3v) is 3.01. The van der Waals surface area contributed by atoms with E-state index in [1.165, 1.54) is 5.56 Å². The quantitative estimate of drug-likeness (QED) is 0.788. The van der Waals surface area contributed by atoms with Crippen LogP contribution in [0.5, 0.6) is 11.5 Å². The molecule has 2 rings (SSSR count). The van der Waals surface area contributed by atoms with Crippen molar-refractivity contribution in [2.45, 2.75) is 26.2 Å². The first kappa shape index (κ1) is 13.5. The van der Waals surface area contributed by atoms with E-state index in [1.807, 2.05) is 19.1 Å². The molecule has 0 radical (unpaired) electrons. The number of aromatic hydroxyl groups is 1. The minimum atomic E-state index is 0.263. The van der Waals surface area contributed by atoms with E-state index in [0.29, 0.717) is 6.61 Å². The molecule has 0 aromatic heterocycles. The summed E-state index contributed by atoms with van der Waals surface area (Å²) >= 11 is 0. The highest BCUT2D eigenvalue weighted by atomic mass is 16.5. The third-order valence-electron chi connectivity index (χ3n) is 3.01. The van der Waals surface area contributed by atoms with E-state index >= 15 is 0 Å². The van der Waals surface area contributed by atoms with Gasteiger partial charge in [0.1, 0.15) is 11.5 Å². The first-order valence-electron chi connectivity index (χ1n) is 6.71. The van der Waals surface area contributed by atoms with E-state index in [9.17, 15) is 5.11 Å². The first-order valence-corrected chi connectivity index (χ1v) is 6.71. The van der Waals surface area contributed by atoms with E-state index in [-0.39, 0.29) is 5.75 Å². The fraction of sp³-hybridized carbons (Fsp3) is 0.294. The summed E-state index contributed by atoms with van der Waals surface area (Å²) in [4.78, 5) is 0. The Kier molecular flexibility index (Phi) is 4.85. The van der Waals surface area contributed by atoms with E-state index in [1.54, 1.807) is 12.1 Å². The Labute approximate surface area is 114 Å². The van der Waals surface area contributed by atoms with Crippen LogP contribution in [0.25, 0.3) is 0 Å². The van der Waals surface area contributed by atoms with Gasteiger partial charge < -0.3 is 9.84 Å². The van der Waals surface area contributed by atoms with Gasteiger partial charge in [-0.25, -0.2) is 0 Å². The van der Waals surface area contributed by atoms with Crippen LogP contribution in [0.1, 0.15) is 24.0 Å². The maximum absolute atomic E-state index is 9.47. The minimum absolute atomic E-state index is 0.263. The SMILES string of the molecule is Cc1cc(O)cc(OCCCCc2ccccc2)c1. The van der Waals surface area contributed by atoms with Crippen LogP contribution < -0.4 is 4.74 Å². The van der Waals surface area contributed by atoms with Crippen LogP contribution >= 0.6 is 0 Å². The van der Waals surface area contributed by atoms with Crippen LogP contribution in [0, 0.1) is 6.92 Å². The molecule has 0 heterocycles. The van der Waals surface area contributed by atoms with Gasteiger partial charge in [-0.2, -0.15) is 0 Å². The van der Waals surface area contributed by atoms with Crippen molar-refractivity contribution in [1.82, 2.24) is 0 Å². The molecule has 0 spiro atoms. The van der Waals surface area contributed by atoms with Gasteiger partial charge in [-0.3, -0.25) is 0 Å². The first-order chi connectivity index (χ1) is 9.24. The van der Waals surface area contributed by atoms with Gasteiger partial charge in [-0.1, -0.05) is 30.3 Å². The van der Waals surface area contributed by atoms with Crippen LogP contribution in [0.2, 0.25) is 0 Å². The summed E-state index contributed by atoms with van der Waals surface area (Å²) in [6.07, 6.45) is 3.22. The van der Waals surface area contributed by atoms with Crippen molar-refractivity contribution in [1.29, 1.82) is 0 Å². The molecule has 2 nitrogen and oxygen atoms in total. The molecule has 0 atom stereocenters. The van der Waals surface area contributed by atoms with Gasteiger partial charge in [0.25, 0.3) is 0 Å². The second-order valence-corrected chi connectivity index (χ2v) is 4.80. The highest BCUT2D eigenvalue weighted by molar-refractivity contribution is 5.36. The number of rotatable bonds is 6. The molecule has 2 heteroatoms. The molecule has 0 saturated heterocycles. The van der Waals surface area contributed by atoms with Gasteiger partial charge >= 0.3 is 0 Å². The molecule has 1 N–H and O–H groups in total. The largest absolute Gasteiger partial charge is 0.508 e. The van der Waals surface area contributed by atoms with Gasteiger partial charge in [0.05, 0.1) is 6.61 Å². The second kappa shape index (κ2) is 6.83. The monoisotopic (exact) mass is 256 g/mol. The lowest BCUT2D eigenvalue weighted by molar-refractivity contribution is 0.305. The summed E-state index contributed by atoms with van der Waals surface area (Å²) in [5.41, 5.74) is 2.38. The molecule has 0 aliphatic heterocycles. The summed E-state index contributed by atoms with van der Waals surface area (Å²) in [6.45, 7) is 2.64. The number of ether oxygens (including phenoxy) is 1. The summed E-state index contributed by atoms with van der Waals surface area (Å²) in [5.74, 6) is 1.01. The zero-order chi connectivity index (χ0) is 13.5. The van der Waals surface area contributed by atoms with E-state index in [4.69, 9.17) is 4.74 Å². The maximum Gasteiger partial charge on any atom is 0.123 e. The number of unbranched alkanes of at least 4 members (excludes halogenated alkanes) is 1. The van der Waals surface area contributed by atoms with Gasteiger partial charge in [-0.05, 0) is 49.4 Å².